The summed E-state index contributed by atoms with van der Waals surface area (Å²) in [6.45, 7) is 8.35. The summed E-state index contributed by atoms with van der Waals surface area (Å²) in [6.07, 6.45) is 3.44. The highest BCUT2D eigenvalue weighted by atomic mass is 127. The van der Waals surface area contributed by atoms with Gasteiger partial charge < -0.3 is 15.2 Å². The third-order valence-corrected chi connectivity index (χ3v) is 3.53. The van der Waals surface area contributed by atoms with E-state index in [0.717, 1.165) is 43.4 Å². The molecule has 0 atom stereocenters. The second kappa shape index (κ2) is 11.1. The van der Waals surface area contributed by atoms with Crippen LogP contribution in [0.4, 0.5) is 0 Å². The number of halogens is 1. The zero-order chi connectivity index (χ0) is 17.4. The van der Waals surface area contributed by atoms with Crippen LogP contribution in [-0.4, -0.2) is 39.0 Å². The molecule has 8 nitrogen and oxygen atoms in total. The van der Waals surface area contributed by atoms with Crippen LogP contribution in [0.3, 0.4) is 0 Å². The van der Waals surface area contributed by atoms with Crippen LogP contribution in [0.2, 0.25) is 0 Å². The maximum atomic E-state index is 5.25. The lowest BCUT2D eigenvalue weighted by atomic mass is 10.2. The Kier molecular flexibility index (Phi) is 9.46. The molecule has 2 rings (SSSR count). The average Bonchev–Trinajstić information content (AvgIpc) is 3.18. The molecule has 0 aliphatic carbocycles. The predicted molar refractivity (Wildman–Crippen MR) is 108 cm³/mol. The van der Waals surface area contributed by atoms with Crippen molar-refractivity contribution in [2.24, 2.45) is 12.0 Å². The Balaban J connectivity index is 0.00000312. The summed E-state index contributed by atoms with van der Waals surface area (Å²) in [6, 6.07) is 1.97. The fraction of sp³-hybridized carbons (Fsp3) is 0.625. The van der Waals surface area contributed by atoms with Crippen molar-refractivity contribution < 1.29 is 4.52 Å². The van der Waals surface area contributed by atoms with Crippen molar-refractivity contribution in [3.05, 3.63) is 29.7 Å². The van der Waals surface area contributed by atoms with Gasteiger partial charge in [-0.15, -0.1) is 24.0 Å². The van der Waals surface area contributed by atoms with E-state index in [9.17, 15) is 0 Å². The van der Waals surface area contributed by atoms with Gasteiger partial charge in [0.05, 0.1) is 12.2 Å². The van der Waals surface area contributed by atoms with E-state index in [1.54, 1.807) is 6.20 Å². The predicted octanol–water partition coefficient (Wildman–Crippen LogP) is 2.23. The molecule has 0 amide bonds. The van der Waals surface area contributed by atoms with Crippen molar-refractivity contribution in [3.63, 3.8) is 0 Å². The van der Waals surface area contributed by atoms with Crippen LogP contribution in [-0.2, 0) is 20.0 Å². The van der Waals surface area contributed by atoms with E-state index >= 15 is 0 Å². The molecule has 2 heterocycles. The molecular weight excluding hydrogens is 433 g/mol. The van der Waals surface area contributed by atoms with Crippen molar-refractivity contribution >= 4 is 29.9 Å². The Morgan fingerprint density at radius 1 is 1.36 bits per heavy atom. The molecule has 0 fully saturated rings. The van der Waals surface area contributed by atoms with E-state index < -0.39 is 0 Å². The molecule has 9 heteroatoms. The van der Waals surface area contributed by atoms with Gasteiger partial charge in [-0.3, -0.25) is 4.68 Å². The Morgan fingerprint density at radius 3 is 2.76 bits per heavy atom. The number of hydrogen-bond donors (Lipinski definition) is 2. The summed E-state index contributed by atoms with van der Waals surface area (Å²) in [5.74, 6) is 2.55. The number of nitrogens with one attached hydrogen (secondary N) is 2. The van der Waals surface area contributed by atoms with Crippen LogP contribution in [0.1, 0.15) is 50.5 Å². The lowest BCUT2D eigenvalue weighted by Crippen LogP contribution is -2.37. The van der Waals surface area contributed by atoms with Crippen molar-refractivity contribution in [1.29, 1.82) is 0 Å². The summed E-state index contributed by atoms with van der Waals surface area (Å²) in [7, 11) is 1.92. The van der Waals surface area contributed by atoms with Gasteiger partial charge in [-0.2, -0.15) is 10.1 Å². The van der Waals surface area contributed by atoms with Crippen molar-refractivity contribution in [2.45, 2.75) is 46.1 Å². The van der Waals surface area contributed by atoms with Gasteiger partial charge >= 0.3 is 0 Å². The second-order valence-corrected chi connectivity index (χ2v) is 5.87. The Morgan fingerprint density at radius 2 is 2.16 bits per heavy atom. The van der Waals surface area contributed by atoms with Gasteiger partial charge in [0.1, 0.15) is 0 Å². The van der Waals surface area contributed by atoms with Crippen LogP contribution in [0.15, 0.2) is 21.8 Å². The second-order valence-electron chi connectivity index (χ2n) is 5.87. The monoisotopic (exact) mass is 461 g/mol. The SMILES string of the molecule is CCNC(=NCc1ccnn1C)NCCCc1nc(C(C)C)no1.I. The van der Waals surface area contributed by atoms with Gasteiger partial charge in [-0.05, 0) is 19.4 Å². The van der Waals surface area contributed by atoms with E-state index in [4.69, 9.17) is 4.52 Å². The first-order chi connectivity index (χ1) is 11.6. The number of rotatable bonds is 8. The van der Waals surface area contributed by atoms with Gasteiger partial charge in [0.15, 0.2) is 11.8 Å². The van der Waals surface area contributed by atoms with Crippen LogP contribution in [0.25, 0.3) is 0 Å². The Hall–Kier alpha value is -1.65. The summed E-state index contributed by atoms with van der Waals surface area (Å²) in [5, 5.41) is 14.7. The smallest absolute Gasteiger partial charge is 0.226 e. The quantitative estimate of drug-likeness (QED) is 0.271. The zero-order valence-corrected chi connectivity index (χ0v) is 17.7. The molecule has 0 aliphatic heterocycles. The molecule has 0 aromatic carbocycles. The lowest BCUT2D eigenvalue weighted by Gasteiger charge is -2.10. The lowest BCUT2D eigenvalue weighted by molar-refractivity contribution is 0.368. The van der Waals surface area contributed by atoms with E-state index in [2.05, 4.69) is 44.7 Å². The molecule has 0 bridgehead atoms. The van der Waals surface area contributed by atoms with Gasteiger partial charge in [0, 0.05) is 38.7 Å². The molecule has 0 saturated carbocycles. The largest absolute Gasteiger partial charge is 0.357 e. The molecule has 0 saturated heterocycles. The van der Waals surface area contributed by atoms with E-state index in [0.29, 0.717) is 18.4 Å². The van der Waals surface area contributed by atoms with Crippen LogP contribution < -0.4 is 10.6 Å². The molecule has 0 unspecified atom stereocenters. The number of guanidine groups is 1. The molecule has 2 N–H and O–H groups in total. The highest BCUT2D eigenvalue weighted by Crippen LogP contribution is 2.10. The van der Waals surface area contributed by atoms with Gasteiger partial charge in [-0.25, -0.2) is 4.99 Å². The first-order valence-electron chi connectivity index (χ1n) is 8.41. The zero-order valence-electron chi connectivity index (χ0n) is 15.3. The first kappa shape index (κ1) is 21.4. The van der Waals surface area contributed by atoms with Gasteiger partial charge in [-0.1, -0.05) is 19.0 Å². The van der Waals surface area contributed by atoms with E-state index in [1.165, 1.54) is 0 Å². The first-order valence-corrected chi connectivity index (χ1v) is 8.41. The van der Waals surface area contributed by atoms with Gasteiger partial charge in [0.2, 0.25) is 5.89 Å². The van der Waals surface area contributed by atoms with Crippen LogP contribution >= 0.6 is 24.0 Å². The maximum absolute atomic E-state index is 5.25. The normalized spacial score (nSPS) is 11.5. The van der Waals surface area contributed by atoms with Crippen molar-refractivity contribution in [2.75, 3.05) is 13.1 Å². The summed E-state index contributed by atoms with van der Waals surface area (Å²) < 4.78 is 7.07. The number of nitrogens with zero attached hydrogens (tertiary/aromatic N) is 5. The van der Waals surface area contributed by atoms with E-state index in [1.807, 2.05) is 24.7 Å². The Bertz CT molecular complexity index is 650. The number of aliphatic imine (C=N–C) groups is 1. The number of hydrogen-bond acceptors (Lipinski definition) is 5. The third-order valence-electron chi connectivity index (χ3n) is 3.53. The minimum Gasteiger partial charge on any atom is -0.357 e. The molecule has 2 aromatic rings. The van der Waals surface area contributed by atoms with Crippen LogP contribution in [0, 0.1) is 0 Å². The van der Waals surface area contributed by atoms with Crippen molar-refractivity contribution in [3.8, 4) is 0 Å². The molecule has 0 spiro atoms. The molecule has 140 valence electrons. The van der Waals surface area contributed by atoms with Gasteiger partial charge in [0.25, 0.3) is 0 Å². The topological polar surface area (TPSA) is 93.2 Å². The van der Waals surface area contributed by atoms with Crippen LogP contribution in [0.5, 0.6) is 0 Å². The highest BCUT2D eigenvalue weighted by molar-refractivity contribution is 14.0. The highest BCUT2D eigenvalue weighted by Gasteiger charge is 2.09. The fourth-order valence-corrected chi connectivity index (χ4v) is 2.11. The standard InChI is InChI=1S/C16H27N7O.HI/c1-5-17-16(19-11-13-8-10-20-23(13)4)18-9-6-7-14-21-15(12(2)3)22-24-14;/h8,10,12H,5-7,9,11H2,1-4H3,(H2,17,18,19);1H. The summed E-state index contributed by atoms with van der Waals surface area (Å²) in [5.41, 5.74) is 1.07. The fourth-order valence-electron chi connectivity index (χ4n) is 2.11. The Labute approximate surface area is 165 Å². The third kappa shape index (κ3) is 7.00. The molecular formula is C16H28IN7O. The van der Waals surface area contributed by atoms with E-state index in [-0.39, 0.29) is 24.0 Å². The maximum Gasteiger partial charge on any atom is 0.226 e. The molecule has 0 radical (unpaired) electrons. The van der Waals surface area contributed by atoms with Crippen molar-refractivity contribution in [1.82, 2.24) is 30.6 Å². The average molecular weight is 461 g/mol. The summed E-state index contributed by atoms with van der Waals surface area (Å²) in [4.78, 5) is 8.95. The number of aromatic nitrogens is 4. The molecule has 25 heavy (non-hydrogen) atoms. The minimum atomic E-state index is 0. The number of aryl methyl sites for hydroxylation is 2. The molecule has 2 aromatic heterocycles. The summed E-state index contributed by atoms with van der Waals surface area (Å²) >= 11 is 0. The molecule has 0 aliphatic rings. The minimum absolute atomic E-state index is 0.